The first-order valence-corrected chi connectivity index (χ1v) is 6.40. The van der Waals surface area contributed by atoms with Crippen molar-refractivity contribution in [1.82, 2.24) is 9.88 Å². The monoisotopic (exact) mass is 288 g/mol. The van der Waals surface area contributed by atoms with Crippen LogP contribution in [0.2, 0.25) is 0 Å². The number of amides is 1. The van der Waals surface area contributed by atoms with E-state index in [0.717, 1.165) is 24.8 Å². The lowest BCUT2D eigenvalue weighted by Crippen LogP contribution is -2.35. The largest absolute Gasteiger partial charge is 0.405 e. The van der Waals surface area contributed by atoms with E-state index in [2.05, 4.69) is 0 Å². The minimum Gasteiger partial charge on any atom is -0.345 e. The average molecular weight is 288 g/mol. The lowest BCUT2D eigenvalue weighted by molar-refractivity contribution is -0.138. The third-order valence-electron chi connectivity index (χ3n) is 3.18. The van der Waals surface area contributed by atoms with Crippen molar-refractivity contribution >= 4 is 11.7 Å². The van der Waals surface area contributed by atoms with E-state index in [1.54, 1.807) is 17.7 Å². The zero-order valence-electron chi connectivity index (χ0n) is 10.8. The first-order chi connectivity index (χ1) is 9.35. The van der Waals surface area contributed by atoms with Gasteiger partial charge in [-0.05, 0) is 24.8 Å². The van der Waals surface area contributed by atoms with Crippen molar-refractivity contribution < 1.29 is 22.8 Å². The van der Waals surface area contributed by atoms with Crippen LogP contribution in [0.25, 0.3) is 0 Å². The van der Waals surface area contributed by atoms with Crippen LogP contribution in [0.4, 0.5) is 13.2 Å². The highest BCUT2D eigenvalue weighted by Crippen LogP contribution is 2.21. The lowest BCUT2D eigenvalue weighted by atomic mass is 10.1. The third kappa shape index (κ3) is 3.85. The van der Waals surface area contributed by atoms with E-state index in [4.69, 9.17) is 0 Å². The summed E-state index contributed by atoms with van der Waals surface area (Å²) in [7, 11) is 0. The van der Waals surface area contributed by atoms with Gasteiger partial charge in [-0.2, -0.15) is 13.2 Å². The molecule has 0 spiro atoms. The van der Waals surface area contributed by atoms with Gasteiger partial charge in [-0.25, -0.2) is 0 Å². The van der Waals surface area contributed by atoms with E-state index in [9.17, 15) is 22.8 Å². The Bertz CT molecular complexity index is 520. The Morgan fingerprint density at radius 2 is 1.95 bits per heavy atom. The first-order valence-electron chi connectivity index (χ1n) is 6.40. The first kappa shape index (κ1) is 14.6. The summed E-state index contributed by atoms with van der Waals surface area (Å²) < 4.78 is 37.4. The smallest absolute Gasteiger partial charge is 0.345 e. The summed E-state index contributed by atoms with van der Waals surface area (Å²) in [5, 5.41) is 1.81. The van der Waals surface area contributed by atoms with Gasteiger partial charge in [0.1, 0.15) is 13.1 Å². The van der Waals surface area contributed by atoms with Crippen molar-refractivity contribution in [2.24, 2.45) is 0 Å². The van der Waals surface area contributed by atoms with Gasteiger partial charge >= 0.3 is 6.18 Å². The summed E-state index contributed by atoms with van der Waals surface area (Å²) in [5.74, 6) is -0.688. The minimum atomic E-state index is -4.42. The van der Waals surface area contributed by atoms with Crippen LogP contribution >= 0.6 is 0 Å². The van der Waals surface area contributed by atoms with Crippen LogP contribution in [-0.4, -0.2) is 29.0 Å². The molecule has 1 aliphatic rings. The van der Waals surface area contributed by atoms with Crippen molar-refractivity contribution in [3.05, 3.63) is 23.5 Å². The number of nitrogens with one attached hydrogen (secondary N) is 1. The predicted molar refractivity (Wildman–Crippen MR) is 65.4 cm³/mol. The molecule has 0 radical (unpaired) electrons. The van der Waals surface area contributed by atoms with Gasteiger partial charge < -0.3 is 9.88 Å². The second kappa shape index (κ2) is 5.68. The summed E-state index contributed by atoms with van der Waals surface area (Å²) in [6.07, 6.45) is 1.81. The molecule has 0 aromatic carbocycles. The molecule has 1 aromatic heterocycles. The van der Waals surface area contributed by atoms with Crippen molar-refractivity contribution in [1.29, 1.82) is 0 Å². The van der Waals surface area contributed by atoms with E-state index in [1.807, 2.05) is 0 Å². The van der Waals surface area contributed by atoms with Gasteiger partial charge in [0.2, 0.25) is 5.91 Å². The van der Waals surface area contributed by atoms with Gasteiger partial charge in [-0.1, -0.05) is 0 Å². The Morgan fingerprint density at radius 3 is 2.65 bits per heavy atom. The van der Waals surface area contributed by atoms with E-state index in [1.165, 1.54) is 4.57 Å². The van der Waals surface area contributed by atoms with Crippen LogP contribution < -0.4 is 5.32 Å². The maximum Gasteiger partial charge on any atom is 0.405 e. The molecule has 7 heteroatoms. The molecule has 1 aliphatic carbocycles. The van der Waals surface area contributed by atoms with E-state index >= 15 is 0 Å². The Morgan fingerprint density at radius 1 is 1.25 bits per heavy atom. The summed E-state index contributed by atoms with van der Waals surface area (Å²) in [6, 6.07) is 0. The zero-order chi connectivity index (χ0) is 14.8. The summed E-state index contributed by atoms with van der Waals surface area (Å²) in [6.45, 7) is -1.55. The van der Waals surface area contributed by atoms with Crippen molar-refractivity contribution in [3.8, 4) is 0 Å². The van der Waals surface area contributed by atoms with Crippen LogP contribution in [0.5, 0.6) is 0 Å². The SMILES string of the molecule is O=C(Cn1cc2c(c1)C(=O)CCCC2)NCC(F)(F)F. The third-order valence-corrected chi connectivity index (χ3v) is 3.18. The molecule has 0 fully saturated rings. The van der Waals surface area contributed by atoms with E-state index < -0.39 is 18.6 Å². The fourth-order valence-electron chi connectivity index (χ4n) is 2.25. The highest BCUT2D eigenvalue weighted by atomic mass is 19.4. The molecule has 4 nitrogen and oxygen atoms in total. The fourth-order valence-corrected chi connectivity index (χ4v) is 2.25. The highest BCUT2D eigenvalue weighted by molar-refractivity contribution is 5.97. The number of aryl methyl sites for hydroxylation is 1. The Balaban J connectivity index is 1.99. The summed E-state index contributed by atoms with van der Waals surface area (Å²) >= 11 is 0. The number of hydrogen-bond acceptors (Lipinski definition) is 2. The number of carbonyl (C=O) groups excluding carboxylic acids is 2. The molecule has 0 atom stereocenters. The van der Waals surface area contributed by atoms with Gasteiger partial charge in [0.05, 0.1) is 0 Å². The van der Waals surface area contributed by atoms with Crippen LogP contribution in [-0.2, 0) is 17.8 Å². The standard InChI is InChI=1S/C13H15F3N2O2/c14-13(15,16)8-17-12(20)7-18-5-9-3-1-2-4-11(19)10(9)6-18/h5-6H,1-4,7-8H2,(H,17,20). The molecule has 1 amide bonds. The fraction of sp³-hybridized carbons (Fsp3) is 0.538. The molecule has 1 N–H and O–H groups in total. The molecule has 2 rings (SSSR count). The van der Waals surface area contributed by atoms with Crippen LogP contribution in [0.3, 0.4) is 0 Å². The molecular weight excluding hydrogens is 273 g/mol. The topological polar surface area (TPSA) is 51.1 Å². The van der Waals surface area contributed by atoms with Gasteiger partial charge in [-0.15, -0.1) is 0 Å². The van der Waals surface area contributed by atoms with Crippen molar-refractivity contribution in [3.63, 3.8) is 0 Å². The Hall–Kier alpha value is -1.79. The van der Waals surface area contributed by atoms with Crippen LogP contribution in [0.15, 0.2) is 12.4 Å². The number of fused-ring (bicyclic) bond motifs is 1. The lowest BCUT2D eigenvalue weighted by Gasteiger charge is -2.08. The second-order valence-corrected chi connectivity index (χ2v) is 4.89. The normalized spacial score (nSPS) is 15.7. The van der Waals surface area contributed by atoms with Crippen molar-refractivity contribution in [2.45, 2.75) is 38.4 Å². The average Bonchev–Trinajstić information content (AvgIpc) is 2.66. The predicted octanol–water partition coefficient (Wildman–Crippen LogP) is 2.08. The molecular formula is C13H15F3N2O2. The Kier molecular flexibility index (Phi) is 4.15. The number of Topliss-reactive ketones (excluding diaryl/α,β-unsaturated/α-hetero) is 1. The molecule has 1 heterocycles. The number of hydrogen-bond donors (Lipinski definition) is 1. The van der Waals surface area contributed by atoms with E-state index in [0.29, 0.717) is 12.0 Å². The maximum absolute atomic E-state index is 12.0. The molecule has 110 valence electrons. The Labute approximate surface area is 113 Å². The second-order valence-electron chi connectivity index (χ2n) is 4.89. The van der Waals surface area contributed by atoms with Crippen molar-refractivity contribution in [2.75, 3.05) is 6.54 Å². The number of nitrogens with zero attached hydrogens (tertiary/aromatic N) is 1. The highest BCUT2D eigenvalue weighted by Gasteiger charge is 2.27. The van der Waals surface area contributed by atoms with E-state index in [-0.39, 0.29) is 12.3 Å². The van der Waals surface area contributed by atoms with Crippen LogP contribution in [0.1, 0.15) is 35.2 Å². The summed E-state index contributed by atoms with van der Waals surface area (Å²) in [4.78, 5) is 23.2. The zero-order valence-corrected chi connectivity index (χ0v) is 10.8. The van der Waals surface area contributed by atoms with Gasteiger partial charge in [0, 0.05) is 24.4 Å². The van der Waals surface area contributed by atoms with Gasteiger partial charge in [-0.3, -0.25) is 9.59 Å². The maximum atomic E-state index is 12.0. The van der Waals surface area contributed by atoms with Gasteiger partial charge in [0.25, 0.3) is 0 Å². The van der Waals surface area contributed by atoms with Crippen LogP contribution in [0, 0.1) is 0 Å². The molecule has 0 aliphatic heterocycles. The molecule has 0 unspecified atom stereocenters. The number of ketones is 1. The minimum absolute atomic E-state index is 0.0342. The molecule has 0 bridgehead atoms. The molecule has 20 heavy (non-hydrogen) atoms. The molecule has 0 saturated heterocycles. The number of carbonyl (C=O) groups is 2. The number of halogens is 3. The molecule has 0 saturated carbocycles. The number of aromatic nitrogens is 1. The van der Waals surface area contributed by atoms with Gasteiger partial charge in [0.15, 0.2) is 5.78 Å². The molecule has 1 aromatic rings. The number of alkyl halides is 3. The quantitative estimate of drug-likeness (QED) is 0.866. The summed E-state index contributed by atoms with van der Waals surface area (Å²) in [5.41, 5.74) is 1.46. The number of rotatable bonds is 3.